The second-order valence-electron chi connectivity index (χ2n) is 13.7. The van der Waals surface area contributed by atoms with E-state index in [2.05, 4.69) is 24.5 Å². The number of carbonyl (C=O) groups is 3. The van der Waals surface area contributed by atoms with Gasteiger partial charge in [-0.1, -0.05) is 91.9 Å². The van der Waals surface area contributed by atoms with E-state index < -0.39 is 29.3 Å². The Hall–Kier alpha value is -1.87. The van der Waals surface area contributed by atoms with Crippen LogP contribution >= 0.6 is 0 Å². The van der Waals surface area contributed by atoms with Gasteiger partial charge in [0.25, 0.3) is 0 Å². The minimum absolute atomic E-state index is 0.0620. The van der Waals surface area contributed by atoms with E-state index in [1.807, 2.05) is 18.7 Å². The molecule has 1 saturated carbocycles. The fraction of sp³-hybridized carbons (Fsp3) is 0.909. The number of amides is 3. The molecule has 1 aliphatic heterocycles. The molecule has 1 aliphatic carbocycles. The van der Waals surface area contributed by atoms with Crippen LogP contribution < -0.4 is 10.6 Å². The lowest BCUT2D eigenvalue weighted by molar-refractivity contribution is -0.304. The maximum absolute atomic E-state index is 13.6. The fourth-order valence-corrected chi connectivity index (χ4v) is 6.27. The van der Waals surface area contributed by atoms with Crippen molar-refractivity contribution in [2.24, 2.45) is 11.3 Å². The molecule has 3 N–H and O–H groups in total. The number of rotatable bonds is 18. The summed E-state index contributed by atoms with van der Waals surface area (Å²) in [6.45, 7) is 13.6. The number of nitrogens with zero attached hydrogens (tertiary/aromatic N) is 1. The zero-order chi connectivity index (χ0) is 31.2. The van der Waals surface area contributed by atoms with Crippen molar-refractivity contribution in [2.75, 3.05) is 19.7 Å². The molecule has 0 aromatic rings. The van der Waals surface area contributed by atoms with E-state index in [4.69, 9.17) is 9.47 Å². The standard InChI is InChI=1S/C33H61N3O6/c1-7-9-11-13-14-18-22-36(21-17-12-10-8-2)31(40)35-26-20-16-15-19-25(26)27(23-28(37)38)34-30(39)29-32(3,4)24-41-33(5,6)42-29/h25-27,29H,7-24H2,1-6H3,(H,34,39)(H,35,40)(H,37,38). The number of nitrogens with one attached hydrogen (secondary N) is 2. The molecular formula is C33H61N3O6. The maximum atomic E-state index is 13.6. The Kier molecular flexibility index (Phi) is 15.6. The van der Waals surface area contributed by atoms with Gasteiger partial charge < -0.3 is 30.1 Å². The third-order valence-corrected chi connectivity index (χ3v) is 8.86. The Balaban J connectivity index is 2.12. The van der Waals surface area contributed by atoms with Crippen molar-refractivity contribution < 1.29 is 29.0 Å². The van der Waals surface area contributed by atoms with E-state index in [0.29, 0.717) is 6.61 Å². The number of carboxylic acids is 1. The first kappa shape index (κ1) is 36.3. The van der Waals surface area contributed by atoms with Gasteiger partial charge in [0.15, 0.2) is 5.79 Å². The number of carboxylic acid groups (broad SMARTS) is 1. The van der Waals surface area contributed by atoms with E-state index >= 15 is 0 Å². The summed E-state index contributed by atoms with van der Waals surface area (Å²) in [7, 11) is 0. The molecular weight excluding hydrogens is 534 g/mol. The normalized spacial score (nSPS) is 24.0. The van der Waals surface area contributed by atoms with Crippen LogP contribution in [0.5, 0.6) is 0 Å². The summed E-state index contributed by atoms with van der Waals surface area (Å²) in [4.78, 5) is 41.1. The fourth-order valence-electron chi connectivity index (χ4n) is 6.27. The highest BCUT2D eigenvalue weighted by Crippen LogP contribution is 2.36. The SMILES string of the molecule is CCCCCCCCN(CCCCCC)C(=O)NC1CCCCC1C(CC(=O)O)NC(=O)C1OC(C)(C)OCC1(C)C. The van der Waals surface area contributed by atoms with Crippen LogP contribution in [-0.4, -0.2) is 71.6 Å². The first-order valence-electron chi connectivity index (χ1n) is 16.8. The molecule has 244 valence electrons. The predicted octanol–water partition coefficient (Wildman–Crippen LogP) is 6.63. The Morgan fingerprint density at radius 2 is 1.45 bits per heavy atom. The van der Waals surface area contributed by atoms with Crippen LogP contribution in [0.25, 0.3) is 0 Å². The smallest absolute Gasteiger partial charge is 0.317 e. The molecule has 0 aromatic heterocycles. The molecule has 0 radical (unpaired) electrons. The lowest BCUT2D eigenvalue weighted by Gasteiger charge is -2.45. The third-order valence-electron chi connectivity index (χ3n) is 8.86. The van der Waals surface area contributed by atoms with Gasteiger partial charge in [-0.2, -0.15) is 0 Å². The number of ether oxygens (including phenoxy) is 2. The van der Waals surface area contributed by atoms with Gasteiger partial charge in [-0.25, -0.2) is 4.79 Å². The molecule has 0 aromatic carbocycles. The van der Waals surface area contributed by atoms with Crippen LogP contribution in [0.4, 0.5) is 4.79 Å². The molecule has 4 unspecified atom stereocenters. The largest absolute Gasteiger partial charge is 0.481 e. The van der Waals surface area contributed by atoms with E-state index in [0.717, 1.165) is 70.9 Å². The molecule has 1 saturated heterocycles. The Bertz CT molecular complexity index is 833. The zero-order valence-electron chi connectivity index (χ0n) is 27.5. The average molecular weight is 596 g/mol. The van der Waals surface area contributed by atoms with Crippen molar-refractivity contribution in [3.8, 4) is 0 Å². The lowest BCUT2D eigenvalue weighted by Crippen LogP contribution is -2.60. The van der Waals surface area contributed by atoms with E-state index in [1.54, 1.807) is 13.8 Å². The van der Waals surface area contributed by atoms with E-state index in [-0.39, 0.29) is 30.3 Å². The maximum Gasteiger partial charge on any atom is 0.317 e. The number of aliphatic carboxylic acids is 1. The van der Waals surface area contributed by atoms with Crippen molar-refractivity contribution in [3.63, 3.8) is 0 Å². The van der Waals surface area contributed by atoms with Crippen LogP contribution in [0, 0.1) is 11.3 Å². The summed E-state index contributed by atoms with van der Waals surface area (Å²) in [5, 5.41) is 16.2. The minimum atomic E-state index is -0.968. The van der Waals surface area contributed by atoms with Gasteiger partial charge >= 0.3 is 12.0 Å². The Morgan fingerprint density at radius 3 is 2.07 bits per heavy atom. The number of carbonyl (C=O) groups excluding carboxylic acids is 2. The third kappa shape index (κ3) is 12.4. The second kappa shape index (κ2) is 18.1. The Labute approximate surface area is 255 Å². The first-order valence-corrected chi connectivity index (χ1v) is 16.8. The number of hydrogen-bond acceptors (Lipinski definition) is 5. The van der Waals surface area contributed by atoms with Crippen molar-refractivity contribution in [1.29, 1.82) is 0 Å². The molecule has 3 amide bonds. The van der Waals surface area contributed by atoms with Gasteiger partial charge in [-0.15, -0.1) is 0 Å². The van der Waals surface area contributed by atoms with Gasteiger partial charge in [-0.05, 0) is 39.5 Å². The average Bonchev–Trinajstić information content (AvgIpc) is 2.92. The van der Waals surface area contributed by atoms with Crippen LogP contribution in [-0.2, 0) is 19.1 Å². The first-order chi connectivity index (χ1) is 19.9. The molecule has 2 aliphatic rings. The molecule has 4 atom stereocenters. The van der Waals surface area contributed by atoms with Crippen molar-refractivity contribution >= 4 is 17.9 Å². The lowest BCUT2D eigenvalue weighted by atomic mass is 9.78. The van der Waals surface area contributed by atoms with Crippen molar-refractivity contribution in [1.82, 2.24) is 15.5 Å². The summed E-state index contributed by atoms with van der Waals surface area (Å²) < 4.78 is 11.8. The van der Waals surface area contributed by atoms with Gasteiger partial charge in [0.05, 0.1) is 13.0 Å². The van der Waals surface area contributed by atoms with Gasteiger partial charge in [0, 0.05) is 36.5 Å². The number of unbranched alkanes of at least 4 members (excludes halogenated alkanes) is 8. The molecule has 9 nitrogen and oxygen atoms in total. The molecule has 1 heterocycles. The minimum Gasteiger partial charge on any atom is -0.481 e. The second-order valence-corrected chi connectivity index (χ2v) is 13.7. The summed E-state index contributed by atoms with van der Waals surface area (Å²) >= 11 is 0. The van der Waals surface area contributed by atoms with Gasteiger partial charge in [0.1, 0.15) is 6.10 Å². The van der Waals surface area contributed by atoms with Crippen molar-refractivity contribution in [3.05, 3.63) is 0 Å². The molecule has 0 spiro atoms. The van der Waals surface area contributed by atoms with Gasteiger partial charge in [0.2, 0.25) is 5.91 Å². The monoisotopic (exact) mass is 595 g/mol. The molecule has 42 heavy (non-hydrogen) atoms. The zero-order valence-corrected chi connectivity index (χ0v) is 27.5. The highest BCUT2D eigenvalue weighted by molar-refractivity contribution is 5.83. The predicted molar refractivity (Wildman–Crippen MR) is 166 cm³/mol. The highest BCUT2D eigenvalue weighted by Gasteiger charge is 2.47. The van der Waals surface area contributed by atoms with Crippen LogP contribution in [0.2, 0.25) is 0 Å². The summed E-state index contributed by atoms with van der Waals surface area (Å²) in [5.41, 5.74) is -0.567. The number of hydrogen-bond donors (Lipinski definition) is 3. The summed E-state index contributed by atoms with van der Waals surface area (Å²) in [5.74, 6) is -2.37. The van der Waals surface area contributed by atoms with Crippen LogP contribution in [0.15, 0.2) is 0 Å². The van der Waals surface area contributed by atoms with E-state index in [1.165, 1.54) is 32.1 Å². The topological polar surface area (TPSA) is 117 Å². The molecule has 2 fully saturated rings. The summed E-state index contributed by atoms with van der Waals surface area (Å²) in [6, 6.07) is -0.866. The van der Waals surface area contributed by atoms with Gasteiger partial charge in [-0.3, -0.25) is 9.59 Å². The van der Waals surface area contributed by atoms with Crippen LogP contribution in [0.3, 0.4) is 0 Å². The number of urea groups is 1. The highest BCUT2D eigenvalue weighted by atomic mass is 16.7. The molecule has 0 bridgehead atoms. The Morgan fingerprint density at radius 1 is 0.881 bits per heavy atom. The quantitative estimate of drug-likeness (QED) is 0.153. The van der Waals surface area contributed by atoms with E-state index in [9.17, 15) is 19.5 Å². The summed E-state index contributed by atoms with van der Waals surface area (Å²) in [6.07, 6.45) is 13.9. The van der Waals surface area contributed by atoms with Crippen LogP contribution in [0.1, 0.15) is 138 Å². The molecule has 2 rings (SSSR count). The molecule has 9 heteroatoms. The van der Waals surface area contributed by atoms with Crippen molar-refractivity contribution in [2.45, 2.75) is 162 Å².